The molecule has 2 N–H and O–H groups in total. The van der Waals surface area contributed by atoms with Crippen molar-refractivity contribution in [3.8, 4) is 0 Å². The lowest BCUT2D eigenvalue weighted by molar-refractivity contribution is -0.125. The van der Waals surface area contributed by atoms with Gasteiger partial charge in [-0.25, -0.2) is 4.39 Å². The third kappa shape index (κ3) is 4.53. The number of aromatic amines is 1. The first kappa shape index (κ1) is 18.8. The molecule has 2 rings (SSSR count). The lowest BCUT2D eigenvalue weighted by Gasteiger charge is -2.20. The molecule has 0 aliphatic heterocycles. The molecule has 0 saturated heterocycles. The van der Waals surface area contributed by atoms with Crippen molar-refractivity contribution in [1.82, 2.24) is 10.3 Å². The zero-order chi connectivity index (χ0) is 18.7. The van der Waals surface area contributed by atoms with Gasteiger partial charge >= 0.3 is 0 Å². The van der Waals surface area contributed by atoms with E-state index in [9.17, 15) is 18.8 Å². The van der Waals surface area contributed by atoms with Crippen LogP contribution in [0.25, 0.3) is 10.9 Å². The third-order valence-corrected chi connectivity index (χ3v) is 4.10. The number of hydrogen-bond donors (Lipinski definition) is 2. The van der Waals surface area contributed by atoms with Crippen LogP contribution < -0.4 is 5.32 Å². The molecule has 6 heteroatoms. The molecule has 1 aromatic carbocycles. The van der Waals surface area contributed by atoms with Gasteiger partial charge in [-0.05, 0) is 43.5 Å². The second-order valence-corrected chi connectivity index (χ2v) is 6.75. The average Bonchev–Trinajstić information content (AvgIpc) is 2.94. The number of ketones is 2. The van der Waals surface area contributed by atoms with E-state index in [1.54, 1.807) is 13.0 Å². The normalized spacial score (nSPS) is 12.4. The standard InChI is InChI=1S/C19H23FN2O3/c1-10(2)18(17(24)6-5-12(4)23)22-19(25)16-9-13-14(20)7-11(3)8-15(13)21-16/h7-10,18,21H,5-6H2,1-4H3,(H,22,25). The van der Waals surface area contributed by atoms with Crippen molar-refractivity contribution in [1.29, 1.82) is 0 Å². The first-order chi connectivity index (χ1) is 11.7. The number of rotatable bonds is 7. The molecular formula is C19H23FN2O3. The Labute approximate surface area is 146 Å². The Morgan fingerprint density at radius 2 is 1.84 bits per heavy atom. The lowest BCUT2D eigenvalue weighted by Crippen LogP contribution is -2.44. The largest absolute Gasteiger partial charge is 0.350 e. The maximum absolute atomic E-state index is 14.0. The van der Waals surface area contributed by atoms with E-state index >= 15 is 0 Å². The van der Waals surface area contributed by atoms with E-state index in [2.05, 4.69) is 10.3 Å². The molecule has 134 valence electrons. The number of aromatic nitrogens is 1. The summed E-state index contributed by atoms with van der Waals surface area (Å²) in [6, 6.07) is 3.91. The van der Waals surface area contributed by atoms with Gasteiger partial charge in [0.05, 0.1) is 6.04 Å². The number of benzene rings is 1. The highest BCUT2D eigenvalue weighted by Crippen LogP contribution is 2.21. The predicted molar refractivity (Wildman–Crippen MR) is 94.0 cm³/mol. The highest BCUT2D eigenvalue weighted by Gasteiger charge is 2.25. The maximum atomic E-state index is 14.0. The molecule has 1 atom stereocenters. The summed E-state index contributed by atoms with van der Waals surface area (Å²) in [7, 11) is 0. The Morgan fingerprint density at radius 1 is 1.16 bits per heavy atom. The highest BCUT2D eigenvalue weighted by molar-refractivity contribution is 6.01. The summed E-state index contributed by atoms with van der Waals surface area (Å²) in [6.45, 7) is 6.85. The first-order valence-electron chi connectivity index (χ1n) is 8.31. The fourth-order valence-electron chi connectivity index (χ4n) is 2.74. The molecular weight excluding hydrogens is 323 g/mol. The SMILES string of the molecule is CC(=O)CCC(=O)C(NC(=O)c1cc2c(F)cc(C)cc2[nH]1)C(C)C. The van der Waals surface area contributed by atoms with Crippen molar-refractivity contribution in [3.63, 3.8) is 0 Å². The van der Waals surface area contributed by atoms with E-state index in [1.807, 2.05) is 13.8 Å². The van der Waals surface area contributed by atoms with Crippen molar-refractivity contribution >= 4 is 28.4 Å². The molecule has 1 aromatic heterocycles. The van der Waals surface area contributed by atoms with Crippen LogP contribution in [0.4, 0.5) is 4.39 Å². The zero-order valence-electron chi connectivity index (χ0n) is 14.9. The van der Waals surface area contributed by atoms with E-state index in [1.165, 1.54) is 19.1 Å². The van der Waals surface area contributed by atoms with Crippen LogP contribution in [0.15, 0.2) is 18.2 Å². The number of fused-ring (bicyclic) bond motifs is 1. The van der Waals surface area contributed by atoms with Gasteiger partial charge in [-0.2, -0.15) is 0 Å². The number of nitrogens with one attached hydrogen (secondary N) is 2. The van der Waals surface area contributed by atoms with Gasteiger partial charge in [-0.3, -0.25) is 9.59 Å². The van der Waals surface area contributed by atoms with Crippen LogP contribution >= 0.6 is 0 Å². The molecule has 0 radical (unpaired) electrons. The van der Waals surface area contributed by atoms with Crippen LogP contribution in [0, 0.1) is 18.7 Å². The van der Waals surface area contributed by atoms with Crippen molar-refractivity contribution in [2.75, 3.05) is 0 Å². The topological polar surface area (TPSA) is 79.0 Å². The average molecular weight is 346 g/mol. The lowest BCUT2D eigenvalue weighted by atomic mass is 9.96. The fraction of sp³-hybridized carbons (Fsp3) is 0.421. The molecule has 2 aromatic rings. The highest BCUT2D eigenvalue weighted by atomic mass is 19.1. The molecule has 25 heavy (non-hydrogen) atoms. The molecule has 0 aliphatic rings. The van der Waals surface area contributed by atoms with E-state index < -0.39 is 17.8 Å². The Hall–Kier alpha value is -2.50. The number of Topliss-reactive ketones (excluding diaryl/α,β-unsaturated/α-hetero) is 2. The second-order valence-electron chi connectivity index (χ2n) is 6.75. The van der Waals surface area contributed by atoms with E-state index in [0.29, 0.717) is 10.9 Å². The van der Waals surface area contributed by atoms with E-state index in [0.717, 1.165) is 5.56 Å². The van der Waals surface area contributed by atoms with Gasteiger partial charge < -0.3 is 15.1 Å². The number of hydrogen-bond acceptors (Lipinski definition) is 3. The van der Waals surface area contributed by atoms with Crippen molar-refractivity contribution in [3.05, 3.63) is 35.3 Å². The fourth-order valence-corrected chi connectivity index (χ4v) is 2.74. The van der Waals surface area contributed by atoms with E-state index in [-0.39, 0.29) is 36.0 Å². The molecule has 5 nitrogen and oxygen atoms in total. The smallest absolute Gasteiger partial charge is 0.268 e. The Bertz CT molecular complexity index is 823. The molecule has 1 amide bonds. The van der Waals surface area contributed by atoms with Crippen molar-refractivity contribution in [2.45, 2.75) is 46.6 Å². The quantitative estimate of drug-likeness (QED) is 0.807. The number of H-pyrrole nitrogens is 1. The minimum atomic E-state index is -0.690. The minimum absolute atomic E-state index is 0.0661. The number of amides is 1. The monoisotopic (exact) mass is 346 g/mol. The summed E-state index contributed by atoms with van der Waals surface area (Å²) in [5.41, 5.74) is 1.48. The number of halogens is 1. The van der Waals surface area contributed by atoms with Crippen LogP contribution in [-0.4, -0.2) is 28.5 Å². The Kier molecular flexibility index (Phi) is 5.72. The third-order valence-electron chi connectivity index (χ3n) is 4.10. The summed E-state index contributed by atoms with van der Waals surface area (Å²) in [6.07, 6.45) is 0.258. The molecule has 0 spiro atoms. The molecule has 0 saturated carbocycles. The van der Waals surface area contributed by atoms with E-state index in [4.69, 9.17) is 0 Å². The maximum Gasteiger partial charge on any atom is 0.268 e. The zero-order valence-corrected chi connectivity index (χ0v) is 14.9. The minimum Gasteiger partial charge on any atom is -0.350 e. The van der Waals surface area contributed by atoms with Gasteiger partial charge in [-0.15, -0.1) is 0 Å². The van der Waals surface area contributed by atoms with Crippen LogP contribution in [0.5, 0.6) is 0 Å². The van der Waals surface area contributed by atoms with Crippen molar-refractivity contribution in [2.24, 2.45) is 5.92 Å². The summed E-state index contributed by atoms with van der Waals surface area (Å²) in [5.74, 6) is -1.24. The van der Waals surface area contributed by atoms with Crippen LogP contribution in [-0.2, 0) is 9.59 Å². The van der Waals surface area contributed by atoms with Gasteiger partial charge in [0.1, 0.15) is 17.3 Å². The molecule has 0 bridgehead atoms. The van der Waals surface area contributed by atoms with Crippen LogP contribution in [0.1, 0.15) is 49.7 Å². The first-order valence-corrected chi connectivity index (χ1v) is 8.31. The van der Waals surface area contributed by atoms with Gasteiger partial charge in [0.15, 0.2) is 5.78 Å². The molecule has 1 unspecified atom stereocenters. The number of aryl methyl sites for hydroxylation is 1. The van der Waals surface area contributed by atoms with Crippen molar-refractivity contribution < 1.29 is 18.8 Å². The van der Waals surface area contributed by atoms with Crippen LogP contribution in [0.2, 0.25) is 0 Å². The van der Waals surface area contributed by atoms with Gasteiger partial charge in [-0.1, -0.05) is 13.8 Å². The summed E-state index contributed by atoms with van der Waals surface area (Å²) >= 11 is 0. The molecule has 0 aliphatic carbocycles. The molecule has 1 heterocycles. The summed E-state index contributed by atoms with van der Waals surface area (Å²) in [5, 5.41) is 3.03. The predicted octanol–water partition coefficient (Wildman–Crippen LogP) is 3.31. The molecule has 0 fully saturated rings. The second kappa shape index (κ2) is 7.59. The number of carbonyl (C=O) groups excluding carboxylic acids is 3. The van der Waals surface area contributed by atoms with Crippen LogP contribution in [0.3, 0.4) is 0 Å². The summed E-state index contributed by atoms with van der Waals surface area (Å²) in [4.78, 5) is 38.7. The van der Waals surface area contributed by atoms with Gasteiger partial charge in [0.2, 0.25) is 0 Å². The Balaban J connectivity index is 2.19. The Morgan fingerprint density at radius 3 is 2.44 bits per heavy atom. The summed E-state index contributed by atoms with van der Waals surface area (Å²) < 4.78 is 14.0. The van der Waals surface area contributed by atoms with Gasteiger partial charge in [0.25, 0.3) is 5.91 Å². The van der Waals surface area contributed by atoms with Gasteiger partial charge in [0, 0.05) is 23.7 Å². The number of carbonyl (C=O) groups is 3.